The van der Waals surface area contributed by atoms with Crippen molar-refractivity contribution in [2.24, 2.45) is 5.73 Å². The highest BCUT2D eigenvalue weighted by Gasteiger charge is 2.09. The molecule has 1 aromatic rings. The number of nitrogens with two attached hydrogens (primary N) is 1. The summed E-state index contributed by atoms with van der Waals surface area (Å²) in [5, 5.41) is 5.13. The molecular weight excluding hydrogens is 342 g/mol. The van der Waals surface area contributed by atoms with E-state index >= 15 is 0 Å². The van der Waals surface area contributed by atoms with Crippen LogP contribution in [0.2, 0.25) is 0 Å². The van der Waals surface area contributed by atoms with Gasteiger partial charge in [0, 0.05) is 30.2 Å². The van der Waals surface area contributed by atoms with Crippen LogP contribution in [-0.4, -0.2) is 38.8 Å². The number of imide groups is 1. The van der Waals surface area contributed by atoms with E-state index in [1.54, 1.807) is 19.2 Å². The molecule has 4 N–H and O–H groups in total. The molecule has 0 unspecified atom stereocenters. The lowest BCUT2D eigenvalue weighted by Crippen LogP contribution is -2.38. The monoisotopic (exact) mass is 359 g/mol. The average Bonchev–Trinajstić information content (AvgIpc) is 2.42. The molecule has 0 aromatic heterocycles. The molecule has 8 heteroatoms. The van der Waals surface area contributed by atoms with Crippen molar-refractivity contribution in [2.45, 2.75) is 6.54 Å². The SMILES string of the molecule is COCCNCc1cc(Br)ccc1OCC(=O)NC(N)=O. The van der Waals surface area contributed by atoms with Crippen LogP contribution in [0.1, 0.15) is 5.56 Å². The van der Waals surface area contributed by atoms with E-state index in [-0.39, 0.29) is 6.61 Å². The molecule has 0 aliphatic rings. The second-order valence-electron chi connectivity index (χ2n) is 4.12. The van der Waals surface area contributed by atoms with E-state index in [9.17, 15) is 9.59 Å². The van der Waals surface area contributed by atoms with Crippen LogP contribution in [0.25, 0.3) is 0 Å². The molecule has 0 fully saturated rings. The first-order valence-corrected chi connectivity index (χ1v) is 7.02. The largest absolute Gasteiger partial charge is 0.483 e. The van der Waals surface area contributed by atoms with Crippen molar-refractivity contribution in [2.75, 3.05) is 26.9 Å². The predicted molar refractivity (Wildman–Crippen MR) is 80.9 cm³/mol. The Balaban J connectivity index is 2.59. The first kappa shape index (κ1) is 17.4. The summed E-state index contributed by atoms with van der Waals surface area (Å²) in [7, 11) is 1.63. The van der Waals surface area contributed by atoms with E-state index in [1.165, 1.54) is 0 Å². The van der Waals surface area contributed by atoms with Gasteiger partial charge in [-0.25, -0.2) is 4.79 Å². The number of methoxy groups -OCH3 is 1. The number of amides is 3. The van der Waals surface area contributed by atoms with Gasteiger partial charge in [0.15, 0.2) is 6.61 Å². The van der Waals surface area contributed by atoms with E-state index in [0.717, 1.165) is 10.0 Å². The first-order chi connectivity index (χ1) is 10.0. The maximum Gasteiger partial charge on any atom is 0.318 e. The van der Waals surface area contributed by atoms with Crippen LogP contribution < -0.4 is 21.1 Å². The number of halogens is 1. The lowest BCUT2D eigenvalue weighted by atomic mass is 10.2. The summed E-state index contributed by atoms with van der Waals surface area (Å²) in [6, 6.07) is 4.54. The minimum absolute atomic E-state index is 0.282. The maximum atomic E-state index is 11.3. The molecule has 21 heavy (non-hydrogen) atoms. The zero-order valence-electron chi connectivity index (χ0n) is 11.6. The Morgan fingerprint density at radius 3 is 2.81 bits per heavy atom. The highest BCUT2D eigenvalue weighted by Crippen LogP contribution is 2.23. The van der Waals surface area contributed by atoms with Crippen molar-refractivity contribution < 1.29 is 19.1 Å². The minimum Gasteiger partial charge on any atom is -0.483 e. The van der Waals surface area contributed by atoms with Crippen LogP contribution in [0, 0.1) is 0 Å². The van der Waals surface area contributed by atoms with Gasteiger partial charge in [-0.1, -0.05) is 15.9 Å². The summed E-state index contributed by atoms with van der Waals surface area (Å²) in [5.41, 5.74) is 5.73. The lowest BCUT2D eigenvalue weighted by Gasteiger charge is -2.12. The highest BCUT2D eigenvalue weighted by atomic mass is 79.9. The summed E-state index contributed by atoms with van der Waals surface area (Å²) in [6.07, 6.45) is 0. The van der Waals surface area contributed by atoms with Gasteiger partial charge in [0.2, 0.25) is 0 Å². The minimum atomic E-state index is -0.902. The topological polar surface area (TPSA) is 103 Å². The molecule has 0 saturated heterocycles. The molecule has 0 bridgehead atoms. The third-order valence-corrected chi connectivity index (χ3v) is 2.94. The van der Waals surface area contributed by atoms with E-state index in [1.807, 2.05) is 11.4 Å². The number of benzene rings is 1. The average molecular weight is 360 g/mol. The molecule has 1 aromatic carbocycles. The van der Waals surface area contributed by atoms with Crippen molar-refractivity contribution >= 4 is 27.9 Å². The van der Waals surface area contributed by atoms with Gasteiger partial charge in [-0.2, -0.15) is 0 Å². The van der Waals surface area contributed by atoms with E-state index in [2.05, 4.69) is 21.2 Å². The van der Waals surface area contributed by atoms with E-state index in [4.69, 9.17) is 15.2 Å². The normalized spacial score (nSPS) is 10.2. The van der Waals surface area contributed by atoms with E-state index < -0.39 is 11.9 Å². The smallest absolute Gasteiger partial charge is 0.318 e. The molecule has 7 nitrogen and oxygen atoms in total. The van der Waals surface area contributed by atoms with Crippen LogP contribution in [0.15, 0.2) is 22.7 Å². The second kappa shape index (κ2) is 9.32. The molecule has 0 aliphatic carbocycles. The fraction of sp³-hybridized carbons (Fsp3) is 0.385. The van der Waals surface area contributed by atoms with Crippen molar-refractivity contribution in [1.82, 2.24) is 10.6 Å². The van der Waals surface area contributed by atoms with Gasteiger partial charge in [0.05, 0.1) is 6.61 Å². The number of hydrogen-bond acceptors (Lipinski definition) is 5. The molecule has 0 radical (unpaired) electrons. The van der Waals surface area contributed by atoms with Gasteiger partial charge in [0.1, 0.15) is 5.75 Å². The third-order valence-electron chi connectivity index (χ3n) is 2.44. The number of carbonyl (C=O) groups excluding carboxylic acids is 2. The lowest BCUT2D eigenvalue weighted by molar-refractivity contribution is -0.121. The van der Waals surface area contributed by atoms with Crippen molar-refractivity contribution in [3.63, 3.8) is 0 Å². The Morgan fingerprint density at radius 1 is 1.38 bits per heavy atom. The maximum absolute atomic E-state index is 11.3. The number of hydrogen-bond donors (Lipinski definition) is 3. The second-order valence-corrected chi connectivity index (χ2v) is 5.04. The molecule has 3 amide bonds. The van der Waals surface area contributed by atoms with Crippen LogP contribution in [0.3, 0.4) is 0 Å². The zero-order chi connectivity index (χ0) is 15.7. The quantitative estimate of drug-likeness (QED) is 0.594. The van der Waals surface area contributed by atoms with Crippen molar-refractivity contribution in [3.8, 4) is 5.75 Å². The summed E-state index contributed by atoms with van der Waals surface area (Å²) < 4.78 is 11.3. The number of urea groups is 1. The molecule has 1 rings (SSSR count). The standard InChI is InChI=1S/C13H18BrN3O4/c1-20-5-4-16-7-9-6-10(14)2-3-11(9)21-8-12(18)17-13(15)19/h2-3,6,16H,4-5,7-8H2,1H3,(H3,15,17,18,19). The molecule has 0 heterocycles. The molecule has 0 atom stereocenters. The van der Waals surface area contributed by atoms with Gasteiger partial charge < -0.3 is 20.5 Å². The van der Waals surface area contributed by atoms with Crippen LogP contribution in [-0.2, 0) is 16.1 Å². The molecule has 116 valence electrons. The Kier molecular flexibility index (Phi) is 7.73. The number of rotatable bonds is 8. The summed E-state index contributed by atoms with van der Waals surface area (Å²) in [4.78, 5) is 21.9. The van der Waals surface area contributed by atoms with Crippen molar-refractivity contribution in [3.05, 3.63) is 28.2 Å². The molecule has 0 aliphatic heterocycles. The Bertz CT molecular complexity index is 496. The Labute approximate surface area is 131 Å². The number of ether oxygens (including phenoxy) is 2. The number of primary amides is 1. The van der Waals surface area contributed by atoms with Gasteiger partial charge in [0.25, 0.3) is 5.91 Å². The summed E-state index contributed by atoms with van der Waals surface area (Å²) in [5.74, 6) is -0.0357. The fourth-order valence-electron chi connectivity index (χ4n) is 1.54. The van der Waals surface area contributed by atoms with E-state index in [0.29, 0.717) is 25.4 Å². The summed E-state index contributed by atoms with van der Waals surface area (Å²) >= 11 is 3.38. The Hall–Kier alpha value is -1.64. The van der Waals surface area contributed by atoms with Crippen LogP contribution >= 0.6 is 15.9 Å². The van der Waals surface area contributed by atoms with Gasteiger partial charge >= 0.3 is 6.03 Å². The molecular formula is C13H18BrN3O4. The van der Waals surface area contributed by atoms with Crippen LogP contribution in [0.5, 0.6) is 5.75 Å². The third kappa shape index (κ3) is 7.07. The van der Waals surface area contributed by atoms with Gasteiger partial charge in [-0.3, -0.25) is 10.1 Å². The van der Waals surface area contributed by atoms with Gasteiger partial charge in [-0.05, 0) is 18.2 Å². The van der Waals surface area contributed by atoms with Crippen LogP contribution in [0.4, 0.5) is 4.79 Å². The van der Waals surface area contributed by atoms with Crippen molar-refractivity contribution in [1.29, 1.82) is 0 Å². The zero-order valence-corrected chi connectivity index (χ0v) is 13.2. The number of nitrogens with one attached hydrogen (secondary N) is 2. The molecule has 0 spiro atoms. The predicted octanol–water partition coefficient (Wildman–Crippen LogP) is 0.759. The molecule has 0 saturated carbocycles. The Morgan fingerprint density at radius 2 is 2.14 bits per heavy atom. The number of carbonyl (C=O) groups is 2. The fourth-order valence-corrected chi connectivity index (χ4v) is 1.95. The highest BCUT2D eigenvalue weighted by molar-refractivity contribution is 9.10. The van der Waals surface area contributed by atoms with Gasteiger partial charge in [-0.15, -0.1) is 0 Å². The summed E-state index contributed by atoms with van der Waals surface area (Å²) in [6.45, 7) is 1.58. The first-order valence-electron chi connectivity index (χ1n) is 6.23.